The number of para-hydroxylation sites is 3. The van der Waals surface area contributed by atoms with Gasteiger partial charge in [-0.2, -0.15) is 0 Å². The summed E-state index contributed by atoms with van der Waals surface area (Å²) in [7, 11) is 0. The van der Waals surface area contributed by atoms with Crippen molar-refractivity contribution in [2.45, 2.75) is 31.8 Å². The molecule has 9 aromatic rings. The monoisotopic (exact) mass is 736 g/mol. The summed E-state index contributed by atoms with van der Waals surface area (Å²) in [4.78, 5) is 10.3. The molecule has 12 rings (SSSR count). The van der Waals surface area contributed by atoms with E-state index in [-0.39, 0.29) is 0 Å². The summed E-state index contributed by atoms with van der Waals surface area (Å²) >= 11 is 0. The number of nitrogens with zero attached hydrogens (tertiary/aromatic N) is 3. The third kappa shape index (κ3) is 4.96. The largest absolute Gasteiger partial charge is 0.456 e. The molecule has 0 bridgehead atoms. The van der Waals surface area contributed by atoms with E-state index in [2.05, 4.69) is 149 Å². The molecular weight excluding hydrogens is 701 g/mol. The molecule has 272 valence electrons. The Morgan fingerprint density at radius 3 is 2.26 bits per heavy atom. The summed E-state index contributed by atoms with van der Waals surface area (Å²) in [5.74, 6) is 1.53. The number of aromatic nitrogens is 1. The van der Waals surface area contributed by atoms with Crippen LogP contribution in [0.2, 0.25) is 0 Å². The second kappa shape index (κ2) is 12.7. The molecule has 2 aliphatic carbocycles. The zero-order valence-electron chi connectivity index (χ0n) is 31.1. The van der Waals surface area contributed by atoms with Gasteiger partial charge in [-0.25, -0.2) is 9.98 Å². The Hall–Kier alpha value is -7.18. The minimum Gasteiger partial charge on any atom is -0.456 e. The molecule has 1 unspecified atom stereocenters. The molecule has 3 aliphatic rings. The molecule has 0 radical (unpaired) electrons. The van der Waals surface area contributed by atoms with E-state index < -0.39 is 6.17 Å². The van der Waals surface area contributed by atoms with Crippen molar-refractivity contribution in [3.63, 3.8) is 0 Å². The van der Waals surface area contributed by atoms with Gasteiger partial charge in [-0.15, -0.1) is 0 Å². The van der Waals surface area contributed by atoms with Crippen molar-refractivity contribution in [3.8, 4) is 16.8 Å². The van der Waals surface area contributed by atoms with E-state index in [4.69, 9.17) is 18.8 Å². The maximum absolute atomic E-state index is 7.12. The number of amidine groups is 2. The number of fused-ring (bicyclic) bond motifs is 9. The molecule has 0 saturated heterocycles. The van der Waals surface area contributed by atoms with E-state index in [0.717, 1.165) is 109 Å². The standard InChI is InChI=1S/C51H36N4O2/c1-3-15-31(16-4-1)49-52-50(32-17-5-2-6-18-32)54-51(53-49)39-25-14-30-44-46(39)45-35(21-13-29-43(45)56-44)36-22-11-23-37-38-24-12-28-42(48(38)57-47(36)37)55-40-26-9-7-19-33(40)34-20-8-10-27-41(34)55/h1,3-5,7,9-19,21-30,51H,2,6,8,20H2,(H,52,53,54). The lowest BCUT2D eigenvalue weighted by molar-refractivity contribution is 0.662. The molecule has 0 fully saturated rings. The van der Waals surface area contributed by atoms with Gasteiger partial charge in [-0.05, 0) is 67.2 Å². The van der Waals surface area contributed by atoms with Gasteiger partial charge < -0.3 is 18.7 Å². The average Bonchev–Trinajstić information content (AvgIpc) is 3.97. The third-order valence-corrected chi connectivity index (χ3v) is 11.8. The van der Waals surface area contributed by atoms with Crippen molar-refractivity contribution in [3.05, 3.63) is 180 Å². The predicted octanol–water partition coefficient (Wildman–Crippen LogP) is 12.8. The number of nitrogens with one attached hydrogen (secondary N) is 1. The fraction of sp³-hybridized carbons (Fsp3) is 0.0980. The van der Waals surface area contributed by atoms with Crippen LogP contribution in [0.15, 0.2) is 176 Å². The van der Waals surface area contributed by atoms with E-state index in [1.54, 1.807) is 0 Å². The highest BCUT2D eigenvalue weighted by Gasteiger charge is 2.27. The fourth-order valence-corrected chi connectivity index (χ4v) is 9.25. The minimum atomic E-state index is -0.401. The van der Waals surface area contributed by atoms with Crippen LogP contribution in [0.3, 0.4) is 0 Å². The van der Waals surface area contributed by atoms with Crippen molar-refractivity contribution >= 4 is 72.5 Å². The first-order valence-corrected chi connectivity index (χ1v) is 19.8. The number of aliphatic imine (C=N–C) groups is 2. The van der Waals surface area contributed by atoms with Crippen LogP contribution in [0.1, 0.15) is 47.8 Å². The number of benzene rings is 6. The van der Waals surface area contributed by atoms with Crippen LogP contribution >= 0.6 is 0 Å². The van der Waals surface area contributed by atoms with Gasteiger partial charge >= 0.3 is 0 Å². The molecule has 6 nitrogen and oxygen atoms in total. The molecule has 1 N–H and O–H groups in total. The maximum atomic E-state index is 7.12. The molecule has 4 heterocycles. The van der Waals surface area contributed by atoms with Gasteiger partial charge in [-0.3, -0.25) is 0 Å². The Kier molecular flexibility index (Phi) is 7.14. The molecule has 0 spiro atoms. The van der Waals surface area contributed by atoms with Crippen molar-refractivity contribution < 1.29 is 8.83 Å². The van der Waals surface area contributed by atoms with E-state index >= 15 is 0 Å². The van der Waals surface area contributed by atoms with E-state index in [1.165, 1.54) is 22.2 Å². The number of allylic oxidation sites excluding steroid dienone is 3. The van der Waals surface area contributed by atoms with Crippen LogP contribution < -0.4 is 5.32 Å². The first-order chi connectivity index (χ1) is 28.3. The number of hydrogen-bond donors (Lipinski definition) is 1. The molecule has 3 aromatic heterocycles. The first kappa shape index (κ1) is 32.1. The fourth-order valence-electron chi connectivity index (χ4n) is 9.25. The van der Waals surface area contributed by atoms with Gasteiger partial charge in [0.25, 0.3) is 0 Å². The summed E-state index contributed by atoms with van der Waals surface area (Å²) in [5, 5.41) is 9.25. The second-order valence-electron chi connectivity index (χ2n) is 15.1. The summed E-state index contributed by atoms with van der Waals surface area (Å²) in [5.41, 5.74) is 13.4. The van der Waals surface area contributed by atoms with Gasteiger partial charge in [0, 0.05) is 54.9 Å². The van der Waals surface area contributed by atoms with Crippen molar-refractivity contribution in [1.29, 1.82) is 0 Å². The second-order valence-corrected chi connectivity index (χ2v) is 15.1. The Labute approximate surface area is 328 Å². The normalized spacial score (nSPS) is 16.6. The highest BCUT2D eigenvalue weighted by atomic mass is 16.3. The molecule has 1 aliphatic heterocycles. The van der Waals surface area contributed by atoms with Gasteiger partial charge in [0.05, 0.1) is 11.2 Å². The lowest BCUT2D eigenvalue weighted by atomic mass is 9.95. The minimum absolute atomic E-state index is 0.401. The highest BCUT2D eigenvalue weighted by Crippen LogP contribution is 2.45. The van der Waals surface area contributed by atoms with E-state index in [1.807, 2.05) is 18.2 Å². The Balaban J connectivity index is 1.07. The van der Waals surface area contributed by atoms with Crippen LogP contribution in [0.25, 0.3) is 77.7 Å². The molecule has 1 atom stereocenters. The zero-order valence-corrected chi connectivity index (χ0v) is 31.1. The SMILES string of the molecule is C1=CC(C2=NC(c3ccccc3)=NC(c3cccc4oc5cccc(-c6cccc7c6oc6c(-n8c9c(c%10ccccc%108)CCC=C9)cccc67)c5c34)N2)=CCC1. The quantitative estimate of drug-likeness (QED) is 0.191. The highest BCUT2D eigenvalue weighted by molar-refractivity contribution is 6.19. The molecule has 6 aromatic carbocycles. The molecular formula is C51H36N4O2. The average molecular weight is 737 g/mol. The Bertz CT molecular complexity index is 3280. The topological polar surface area (TPSA) is 68.0 Å². The molecule has 6 heteroatoms. The van der Waals surface area contributed by atoms with Crippen molar-refractivity contribution in [1.82, 2.24) is 9.88 Å². The van der Waals surface area contributed by atoms with Gasteiger partial charge in [0.1, 0.15) is 28.8 Å². The van der Waals surface area contributed by atoms with E-state index in [0.29, 0.717) is 5.84 Å². The third-order valence-electron chi connectivity index (χ3n) is 11.8. The van der Waals surface area contributed by atoms with Gasteiger partial charge in [0.2, 0.25) is 0 Å². The number of furan rings is 2. The molecule has 0 saturated carbocycles. The zero-order chi connectivity index (χ0) is 37.5. The summed E-state index contributed by atoms with van der Waals surface area (Å²) < 4.78 is 16.2. The van der Waals surface area contributed by atoms with Crippen LogP contribution in [-0.2, 0) is 6.42 Å². The van der Waals surface area contributed by atoms with Crippen LogP contribution in [0.5, 0.6) is 0 Å². The maximum Gasteiger partial charge on any atom is 0.159 e. The Morgan fingerprint density at radius 1 is 0.614 bits per heavy atom. The summed E-state index contributed by atoms with van der Waals surface area (Å²) in [6.07, 6.45) is 14.9. The summed E-state index contributed by atoms with van der Waals surface area (Å²) in [6, 6.07) is 44.6. The number of aryl methyl sites for hydroxylation is 1. The van der Waals surface area contributed by atoms with Gasteiger partial charge in [-0.1, -0.05) is 127 Å². The summed E-state index contributed by atoms with van der Waals surface area (Å²) in [6.45, 7) is 0. The number of rotatable bonds is 5. The predicted molar refractivity (Wildman–Crippen MR) is 233 cm³/mol. The smallest absolute Gasteiger partial charge is 0.159 e. The van der Waals surface area contributed by atoms with Crippen LogP contribution in [0, 0.1) is 0 Å². The number of hydrogen-bond acceptors (Lipinski definition) is 5. The van der Waals surface area contributed by atoms with Crippen LogP contribution in [0.4, 0.5) is 0 Å². The van der Waals surface area contributed by atoms with Crippen LogP contribution in [-0.4, -0.2) is 16.2 Å². The lowest BCUT2D eigenvalue weighted by Crippen LogP contribution is -2.34. The Morgan fingerprint density at radius 2 is 1.37 bits per heavy atom. The molecule has 0 amide bonds. The lowest BCUT2D eigenvalue weighted by Gasteiger charge is -2.25. The van der Waals surface area contributed by atoms with Crippen molar-refractivity contribution in [2.75, 3.05) is 0 Å². The van der Waals surface area contributed by atoms with Gasteiger partial charge in [0.15, 0.2) is 11.4 Å². The molecule has 57 heavy (non-hydrogen) atoms. The van der Waals surface area contributed by atoms with E-state index in [9.17, 15) is 0 Å². The first-order valence-electron chi connectivity index (χ1n) is 19.8. The van der Waals surface area contributed by atoms with Crippen molar-refractivity contribution in [2.24, 2.45) is 9.98 Å².